The summed E-state index contributed by atoms with van der Waals surface area (Å²) in [5.74, 6) is -0.0845. The molecule has 1 fully saturated rings. The van der Waals surface area contributed by atoms with E-state index in [1.165, 1.54) is 16.4 Å². The minimum atomic E-state index is -0.278. The second-order valence-corrected chi connectivity index (χ2v) is 7.84. The number of para-hydroxylation sites is 1. The van der Waals surface area contributed by atoms with Gasteiger partial charge in [0.1, 0.15) is 6.54 Å². The molecule has 4 rings (SSSR count). The van der Waals surface area contributed by atoms with Gasteiger partial charge in [0, 0.05) is 48.0 Å². The molecule has 0 saturated carbocycles. The number of amides is 1. The summed E-state index contributed by atoms with van der Waals surface area (Å²) in [6, 6.07) is 21.0. The molecular weight excluding hydrogens is 432 g/mol. The highest BCUT2D eigenvalue weighted by Gasteiger charge is 2.22. The van der Waals surface area contributed by atoms with Crippen LogP contribution in [0.4, 0.5) is 5.69 Å². The summed E-state index contributed by atoms with van der Waals surface area (Å²) in [5.41, 5.74) is 2.43. The second-order valence-electron chi connectivity index (χ2n) is 6.93. The van der Waals surface area contributed by atoms with E-state index < -0.39 is 0 Å². The molecule has 1 amide bonds. The van der Waals surface area contributed by atoms with Crippen molar-refractivity contribution in [2.45, 2.75) is 6.54 Å². The van der Waals surface area contributed by atoms with Crippen molar-refractivity contribution < 1.29 is 4.79 Å². The van der Waals surface area contributed by atoms with Gasteiger partial charge in [-0.15, -0.1) is 0 Å². The number of hydrogen-bond acceptors (Lipinski definition) is 4. The lowest BCUT2D eigenvalue weighted by molar-refractivity contribution is -0.132. The van der Waals surface area contributed by atoms with E-state index in [4.69, 9.17) is 0 Å². The molecule has 0 spiro atoms. The van der Waals surface area contributed by atoms with Crippen molar-refractivity contribution in [3.8, 4) is 11.3 Å². The molecule has 0 aliphatic carbocycles. The second kappa shape index (κ2) is 8.61. The third kappa shape index (κ3) is 4.56. The molecule has 0 N–H and O–H groups in total. The highest BCUT2D eigenvalue weighted by atomic mass is 79.9. The predicted molar refractivity (Wildman–Crippen MR) is 117 cm³/mol. The largest absolute Gasteiger partial charge is 0.368 e. The van der Waals surface area contributed by atoms with Crippen LogP contribution in [-0.4, -0.2) is 46.8 Å². The number of piperazine rings is 1. The molecule has 148 valence electrons. The molecule has 1 saturated heterocycles. The minimum absolute atomic E-state index is 0.0496. The average Bonchev–Trinajstić information content (AvgIpc) is 2.76. The first kappa shape index (κ1) is 19.4. The number of rotatable bonds is 4. The smallest absolute Gasteiger partial charge is 0.267 e. The molecule has 0 radical (unpaired) electrons. The van der Waals surface area contributed by atoms with Crippen molar-refractivity contribution in [1.29, 1.82) is 0 Å². The summed E-state index contributed by atoms with van der Waals surface area (Å²) < 4.78 is 2.18. The molecule has 29 heavy (non-hydrogen) atoms. The van der Waals surface area contributed by atoms with Crippen LogP contribution in [0, 0.1) is 0 Å². The Kier molecular flexibility index (Phi) is 5.76. The van der Waals surface area contributed by atoms with E-state index in [2.05, 4.69) is 38.1 Å². The van der Waals surface area contributed by atoms with Gasteiger partial charge in [-0.25, -0.2) is 4.68 Å². The molecule has 3 aromatic rings. The zero-order valence-corrected chi connectivity index (χ0v) is 17.5. The SMILES string of the molecule is O=C(Cn1nc(-c2cccc(Br)c2)ccc1=O)N1CCN(c2ccccc2)CC1. The lowest BCUT2D eigenvalue weighted by Gasteiger charge is -2.36. The van der Waals surface area contributed by atoms with Crippen LogP contribution >= 0.6 is 15.9 Å². The first-order chi connectivity index (χ1) is 14.1. The highest BCUT2D eigenvalue weighted by Crippen LogP contribution is 2.20. The van der Waals surface area contributed by atoms with E-state index in [0.717, 1.165) is 23.1 Å². The molecule has 0 atom stereocenters. The van der Waals surface area contributed by atoms with Gasteiger partial charge >= 0.3 is 0 Å². The van der Waals surface area contributed by atoms with Gasteiger partial charge in [-0.05, 0) is 30.3 Å². The summed E-state index contributed by atoms with van der Waals surface area (Å²) in [5, 5.41) is 4.41. The Morgan fingerprint density at radius 2 is 1.69 bits per heavy atom. The Labute approximate surface area is 177 Å². The molecule has 0 bridgehead atoms. The molecule has 1 aliphatic rings. The molecule has 1 aromatic heterocycles. The van der Waals surface area contributed by atoms with Crippen LogP contribution in [0.3, 0.4) is 0 Å². The number of benzene rings is 2. The first-order valence-corrected chi connectivity index (χ1v) is 10.3. The Morgan fingerprint density at radius 3 is 2.41 bits per heavy atom. The van der Waals surface area contributed by atoms with Crippen LogP contribution in [-0.2, 0) is 11.3 Å². The number of carbonyl (C=O) groups is 1. The maximum atomic E-state index is 12.8. The van der Waals surface area contributed by atoms with Crippen molar-refractivity contribution in [1.82, 2.24) is 14.7 Å². The Balaban J connectivity index is 1.44. The molecule has 7 heteroatoms. The van der Waals surface area contributed by atoms with Gasteiger partial charge in [-0.1, -0.05) is 46.3 Å². The summed E-state index contributed by atoms with van der Waals surface area (Å²) >= 11 is 3.45. The van der Waals surface area contributed by atoms with E-state index in [9.17, 15) is 9.59 Å². The van der Waals surface area contributed by atoms with Gasteiger partial charge in [-0.2, -0.15) is 5.10 Å². The summed E-state index contributed by atoms with van der Waals surface area (Å²) in [6.45, 7) is 2.76. The van der Waals surface area contributed by atoms with Gasteiger partial charge in [0.2, 0.25) is 5.91 Å². The molecule has 2 aromatic carbocycles. The van der Waals surface area contributed by atoms with E-state index in [1.54, 1.807) is 11.0 Å². The molecular formula is C22H21BrN4O2. The molecule has 1 aliphatic heterocycles. The van der Waals surface area contributed by atoms with Crippen molar-refractivity contribution in [2.75, 3.05) is 31.1 Å². The van der Waals surface area contributed by atoms with Gasteiger partial charge in [0.25, 0.3) is 5.56 Å². The van der Waals surface area contributed by atoms with Crippen LogP contribution in [0.15, 0.2) is 76.0 Å². The van der Waals surface area contributed by atoms with Crippen LogP contribution in [0.2, 0.25) is 0 Å². The van der Waals surface area contributed by atoms with Gasteiger partial charge in [-0.3, -0.25) is 9.59 Å². The molecule has 0 unspecified atom stereocenters. The van der Waals surface area contributed by atoms with Gasteiger partial charge < -0.3 is 9.80 Å². The lowest BCUT2D eigenvalue weighted by atomic mass is 10.1. The van der Waals surface area contributed by atoms with Crippen molar-refractivity contribution in [3.05, 3.63) is 81.6 Å². The number of carbonyl (C=O) groups excluding carboxylic acids is 1. The Morgan fingerprint density at radius 1 is 0.931 bits per heavy atom. The minimum Gasteiger partial charge on any atom is -0.368 e. The molecule has 2 heterocycles. The topological polar surface area (TPSA) is 58.4 Å². The van der Waals surface area contributed by atoms with E-state index in [1.807, 2.05) is 42.5 Å². The monoisotopic (exact) mass is 452 g/mol. The van der Waals surface area contributed by atoms with Crippen LogP contribution in [0.1, 0.15) is 0 Å². The molecule has 6 nitrogen and oxygen atoms in total. The van der Waals surface area contributed by atoms with E-state index >= 15 is 0 Å². The van der Waals surface area contributed by atoms with E-state index in [0.29, 0.717) is 18.8 Å². The third-order valence-corrected chi connectivity index (χ3v) is 5.52. The average molecular weight is 453 g/mol. The van der Waals surface area contributed by atoms with Crippen molar-refractivity contribution in [3.63, 3.8) is 0 Å². The van der Waals surface area contributed by atoms with Crippen LogP contribution in [0.25, 0.3) is 11.3 Å². The van der Waals surface area contributed by atoms with E-state index in [-0.39, 0.29) is 18.0 Å². The maximum Gasteiger partial charge on any atom is 0.267 e. The van der Waals surface area contributed by atoms with Crippen LogP contribution in [0.5, 0.6) is 0 Å². The summed E-state index contributed by atoms with van der Waals surface area (Å²) in [4.78, 5) is 29.1. The summed E-state index contributed by atoms with van der Waals surface area (Å²) in [6.07, 6.45) is 0. The number of nitrogens with zero attached hydrogens (tertiary/aromatic N) is 4. The quantitative estimate of drug-likeness (QED) is 0.610. The predicted octanol–water partition coefficient (Wildman–Crippen LogP) is 3.02. The lowest BCUT2D eigenvalue weighted by Crippen LogP contribution is -2.50. The number of anilines is 1. The number of aromatic nitrogens is 2. The normalized spacial score (nSPS) is 14.1. The summed E-state index contributed by atoms with van der Waals surface area (Å²) in [7, 11) is 0. The zero-order chi connectivity index (χ0) is 20.2. The van der Waals surface area contributed by atoms with Crippen molar-refractivity contribution >= 4 is 27.5 Å². The van der Waals surface area contributed by atoms with Crippen molar-refractivity contribution in [2.24, 2.45) is 0 Å². The Bertz CT molecular complexity index is 1060. The Hall–Kier alpha value is -2.93. The number of halogens is 1. The van der Waals surface area contributed by atoms with Gasteiger partial charge in [0.05, 0.1) is 5.69 Å². The fraction of sp³-hybridized carbons (Fsp3) is 0.227. The number of hydrogen-bond donors (Lipinski definition) is 0. The standard InChI is InChI=1S/C22H21BrN4O2/c23-18-6-4-5-17(15-18)20-9-10-21(28)27(24-20)16-22(29)26-13-11-25(12-14-26)19-7-2-1-3-8-19/h1-10,15H,11-14,16H2. The maximum absolute atomic E-state index is 12.8. The van der Waals surface area contributed by atoms with Gasteiger partial charge in [0.15, 0.2) is 0 Å². The van der Waals surface area contributed by atoms with Crippen LogP contribution < -0.4 is 10.5 Å². The third-order valence-electron chi connectivity index (χ3n) is 5.03. The first-order valence-electron chi connectivity index (χ1n) is 9.52. The fourth-order valence-corrected chi connectivity index (χ4v) is 3.84. The zero-order valence-electron chi connectivity index (χ0n) is 15.9. The fourth-order valence-electron chi connectivity index (χ4n) is 3.44. The highest BCUT2D eigenvalue weighted by molar-refractivity contribution is 9.10.